The number of urea groups is 1. The smallest absolute Gasteiger partial charge is 0.322 e. The van der Waals surface area contributed by atoms with Gasteiger partial charge in [-0.05, 0) is 53.8 Å². The molecule has 5 nitrogen and oxygen atoms in total. The van der Waals surface area contributed by atoms with Gasteiger partial charge in [0.1, 0.15) is 0 Å². The van der Waals surface area contributed by atoms with Crippen molar-refractivity contribution in [3.8, 4) is 11.5 Å². The van der Waals surface area contributed by atoms with E-state index in [9.17, 15) is 4.79 Å². The number of para-hydroxylation sites is 1. The predicted molar refractivity (Wildman–Crippen MR) is 149 cm³/mol. The number of hydrogen-bond acceptors (Lipinski definition) is 3. The summed E-state index contributed by atoms with van der Waals surface area (Å²) in [6.07, 6.45) is 0.780. The Labute approximate surface area is 219 Å². The zero-order chi connectivity index (χ0) is 26.0. The van der Waals surface area contributed by atoms with Gasteiger partial charge < -0.3 is 19.7 Å². The summed E-state index contributed by atoms with van der Waals surface area (Å²) in [6, 6.07) is 34.4. The van der Waals surface area contributed by atoms with Gasteiger partial charge in [0.05, 0.1) is 14.2 Å². The number of nitrogens with one attached hydrogen (secondary N) is 1. The number of nitrogens with zero attached hydrogens (tertiary/aromatic N) is 1. The molecule has 5 heteroatoms. The van der Waals surface area contributed by atoms with Crippen molar-refractivity contribution in [2.24, 2.45) is 0 Å². The van der Waals surface area contributed by atoms with E-state index < -0.39 is 0 Å². The molecule has 0 aliphatic heterocycles. The lowest BCUT2D eigenvalue weighted by Crippen LogP contribution is -2.36. The molecule has 4 aromatic carbocycles. The molecule has 0 aromatic heterocycles. The maximum Gasteiger partial charge on any atom is 0.322 e. The molecule has 0 heterocycles. The molecule has 0 aliphatic rings. The minimum absolute atomic E-state index is 0.135. The number of anilines is 1. The molecule has 1 N–H and O–H groups in total. The van der Waals surface area contributed by atoms with Crippen LogP contribution in [0.5, 0.6) is 11.5 Å². The summed E-state index contributed by atoms with van der Waals surface area (Å²) >= 11 is 0. The first kappa shape index (κ1) is 25.8. The molecule has 0 fully saturated rings. The number of methoxy groups -OCH3 is 2. The van der Waals surface area contributed by atoms with Crippen molar-refractivity contribution in [3.63, 3.8) is 0 Å². The number of carbonyl (C=O) groups excluding carboxylic acids is 1. The van der Waals surface area contributed by atoms with E-state index in [0.29, 0.717) is 24.6 Å². The van der Waals surface area contributed by atoms with Crippen LogP contribution in [0.15, 0.2) is 103 Å². The Kier molecular flexibility index (Phi) is 8.82. The molecule has 0 radical (unpaired) electrons. The highest BCUT2D eigenvalue weighted by Crippen LogP contribution is 2.30. The molecule has 2 amide bonds. The molecule has 0 saturated carbocycles. The fourth-order valence-electron chi connectivity index (χ4n) is 4.54. The molecule has 0 unspecified atom stereocenters. The second kappa shape index (κ2) is 12.6. The average Bonchev–Trinajstić information content (AvgIpc) is 2.94. The molecule has 0 spiro atoms. The van der Waals surface area contributed by atoms with Gasteiger partial charge in [-0.25, -0.2) is 4.79 Å². The van der Waals surface area contributed by atoms with Crippen LogP contribution in [0.1, 0.15) is 34.6 Å². The van der Waals surface area contributed by atoms with Crippen molar-refractivity contribution in [3.05, 3.63) is 125 Å². The number of hydrogen-bond donors (Lipinski definition) is 1. The first-order valence-electron chi connectivity index (χ1n) is 12.5. The maximum absolute atomic E-state index is 13.6. The second-order valence-corrected chi connectivity index (χ2v) is 9.02. The number of carbonyl (C=O) groups is 1. The number of benzene rings is 4. The molecular weight excluding hydrogens is 460 g/mol. The second-order valence-electron chi connectivity index (χ2n) is 9.02. The largest absolute Gasteiger partial charge is 0.493 e. The first-order valence-corrected chi connectivity index (χ1v) is 12.5. The van der Waals surface area contributed by atoms with Crippen molar-refractivity contribution in [1.29, 1.82) is 0 Å². The molecule has 4 rings (SSSR count). The topological polar surface area (TPSA) is 50.8 Å². The molecule has 0 aliphatic carbocycles. The van der Waals surface area contributed by atoms with Crippen LogP contribution in [-0.2, 0) is 6.54 Å². The average molecular weight is 495 g/mol. The van der Waals surface area contributed by atoms with Crippen molar-refractivity contribution < 1.29 is 14.3 Å². The van der Waals surface area contributed by atoms with E-state index in [1.54, 1.807) is 14.2 Å². The summed E-state index contributed by atoms with van der Waals surface area (Å²) in [5.41, 5.74) is 5.27. The van der Waals surface area contributed by atoms with Crippen LogP contribution in [0.25, 0.3) is 0 Å². The SMILES string of the molecule is COc1ccc(CN(CCC(c2ccccc2)c2ccccc2)C(=O)Nc2ccccc2C)cc1OC. The Hall–Kier alpha value is -4.25. The zero-order valence-electron chi connectivity index (χ0n) is 21.7. The zero-order valence-corrected chi connectivity index (χ0v) is 21.7. The summed E-state index contributed by atoms with van der Waals surface area (Å²) in [5, 5.41) is 3.12. The van der Waals surface area contributed by atoms with Crippen molar-refractivity contribution in [2.45, 2.75) is 25.8 Å². The van der Waals surface area contributed by atoms with Crippen molar-refractivity contribution in [2.75, 3.05) is 26.1 Å². The third-order valence-corrected chi connectivity index (χ3v) is 6.59. The number of rotatable bonds is 10. The third-order valence-electron chi connectivity index (χ3n) is 6.59. The van der Waals surface area contributed by atoms with E-state index >= 15 is 0 Å². The maximum atomic E-state index is 13.6. The van der Waals surface area contributed by atoms with E-state index in [4.69, 9.17) is 9.47 Å². The van der Waals surface area contributed by atoms with E-state index in [2.05, 4.69) is 53.8 Å². The van der Waals surface area contributed by atoms with Crippen LogP contribution in [0, 0.1) is 6.92 Å². The number of aryl methyl sites for hydroxylation is 1. The monoisotopic (exact) mass is 494 g/mol. The lowest BCUT2D eigenvalue weighted by molar-refractivity contribution is 0.207. The van der Waals surface area contributed by atoms with Gasteiger partial charge in [0.25, 0.3) is 0 Å². The van der Waals surface area contributed by atoms with E-state index in [1.807, 2.05) is 66.4 Å². The highest BCUT2D eigenvalue weighted by Gasteiger charge is 2.20. The fourth-order valence-corrected chi connectivity index (χ4v) is 4.54. The van der Waals surface area contributed by atoms with Gasteiger partial charge >= 0.3 is 6.03 Å². The van der Waals surface area contributed by atoms with Gasteiger partial charge in [0.15, 0.2) is 11.5 Å². The van der Waals surface area contributed by atoms with Crippen molar-refractivity contribution in [1.82, 2.24) is 4.90 Å². The van der Waals surface area contributed by atoms with Crippen LogP contribution < -0.4 is 14.8 Å². The summed E-state index contributed by atoms with van der Waals surface area (Å²) < 4.78 is 10.9. The number of ether oxygens (including phenoxy) is 2. The fraction of sp³-hybridized carbons (Fsp3) is 0.219. The lowest BCUT2D eigenvalue weighted by Gasteiger charge is -2.27. The van der Waals surface area contributed by atoms with Crippen LogP contribution in [-0.4, -0.2) is 31.7 Å². The van der Waals surface area contributed by atoms with Crippen LogP contribution in [0.3, 0.4) is 0 Å². The molecule has 190 valence electrons. The van der Waals surface area contributed by atoms with E-state index in [-0.39, 0.29) is 11.9 Å². The predicted octanol–water partition coefficient (Wildman–Crippen LogP) is 7.27. The Morgan fingerprint density at radius 1 is 0.784 bits per heavy atom. The Morgan fingerprint density at radius 3 is 1.97 bits per heavy atom. The normalized spacial score (nSPS) is 10.7. The van der Waals surface area contributed by atoms with Gasteiger partial charge in [-0.15, -0.1) is 0 Å². The third kappa shape index (κ3) is 6.70. The quantitative estimate of drug-likeness (QED) is 0.252. The summed E-state index contributed by atoms with van der Waals surface area (Å²) in [5.74, 6) is 1.47. The first-order chi connectivity index (χ1) is 18.1. The van der Waals surface area contributed by atoms with Crippen LogP contribution >= 0.6 is 0 Å². The molecule has 4 aromatic rings. The van der Waals surface area contributed by atoms with Gasteiger partial charge in [0, 0.05) is 24.7 Å². The van der Waals surface area contributed by atoms with E-state index in [0.717, 1.165) is 23.2 Å². The molecule has 37 heavy (non-hydrogen) atoms. The van der Waals surface area contributed by atoms with Gasteiger partial charge in [0.2, 0.25) is 0 Å². The van der Waals surface area contributed by atoms with Crippen LogP contribution in [0.4, 0.5) is 10.5 Å². The molecular formula is C32H34N2O3. The van der Waals surface area contributed by atoms with E-state index in [1.165, 1.54) is 11.1 Å². The molecule has 0 saturated heterocycles. The van der Waals surface area contributed by atoms with Gasteiger partial charge in [-0.3, -0.25) is 0 Å². The molecule has 0 bridgehead atoms. The van der Waals surface area contributed by atoms with Gasteiger partial charge in [-0.1, -0.05) is 84.9 Å². The molecule has 0 atom stereocenters. The Bertz CT molecular complexity index is 1250. The Balaban J connectivity index is 1.61. The summed E-state index contributed by atoms with van der Waals surface area (Å²) in [4.78, 5) is 15.5. The summed E-state index contributed by atoms with van der Waals surface area (Å²) in [7, 11) is 3.24. The minimum Gasteiger partial charge on any atom is -0.493 e. The lowest BCUT2D eigenvalue weighted by atomic mass is 9.88. The van der Waals surface area contributed by atoms with Gasteiger partial charge in [-0.2, -0.15) is 0 Å². The summed E-state index contributed by atoms with van der Waals surface area (Å²) in [6.45, 7) is 3.00. The standard InChI is InChI=1S/C32H34N2O3/c1-24-12-10-11-17-29(24)33-32(35)34(23-25-18-19-30(36-2)31(22-25)37-3)21-20-28(26-13-6-4-7-14-26)27-15-8-5-9-16-27/h4-19,22,28H,20-21,23H2,1-3H3,(H,33,35). The highest BCUT2D eigenvalue weighted by molar-refractivity contribution is 5.90. The Morgan fingerprint density at radius 2 is 1.38 bits per heavy atom. The highest BCUT2D eigenvalue weighted by atomic mass is 16.5. The van der Waals surface area contributed by atoms with Crippen LogP contribution in [0.2, 0.25) is 0 Å². The number of amides is 2. The van der Waals surface area contributed by atoms with Crippen molar-refractivity contribution >= 4 is 11.7 Å². The minimum atomic E-state index is -0.135.